The second-order valence-corrected chi connectivity index (χ2v) is 6.86. The fourth-order valence-electron chi connectivity index (χ4n) is 2.72. The number of halogens is 1. The highest BCUT2D eigenvalue weighted by Crippen LogP contribution is 2.24. The molecule has 1 aromatic heterocycles. The lowest BCUT2D eigenvalue weighted by molar-refractivity contribution is 0.102. The molecule has 1 amide bonds. The number of aromatic nitrogens is 1. The van der Waals surface area contributed by atoms with Crippen molar-refractivity contribution in [3.05, 3.63) is 52.8 Å². The molecule has 3 rings (SSSR count). The van der Waals surface area contributed by atoms with Crippen LogP contribution in [0.2, 0.25) is 0 Å². The molecule has 0 saturated carbocycles. The highest BCUT2D eigenvalue weighted by atomic mass is 79.9. The largest absolute Gasteiger partial charge is 0.370 e. The van der Waals surface area contributed by atoms with Crippen LogP contribution in [-0.2, 0) is 0 Å². The first-order valence-corrected chi connectivity index (χ1v) is 8.69. The molecule has 1 aliphatic heterocycles. The van der Waals surface area contributed by atoms with Crippen molar-refractivity contribution in [1.29, 1.82) is 0 Å². The van der Waals surface area contributed by atoms with Crippen molar-refractivity contribution in [2.75, 3.05) is 23.3 Å². The smallest absolute Gasteiger partial charge is 0.274 e. The zero-order chi connectivity index (χ0) is 16.2. The number of rotatable bonds is 3. The summed E-state index contributed by atoms with van der Waals surface area (Å²) < 4.78 is 0.854. The third-order valence-corrected chi connectivity index (χ3v) is 4.94. The zero-order valence-electron chi connectivity index (χ0n) is 13.1. The van der Waals surface area contributed by atoms with Crippen molar-refractivity contribution in [2.45, 2.75) is 19.8 Å². The fraction of sp³-hybridized carbons (Fsp3) is 0.333. The molecule has 1 saturated heterocycles. The molecule has 0 unspecified atom stereocenters. The van der Waals surface area contributed by atoms with Crippen molar-refractivity contribution < 1.29 is 4.79 Å². The summed E-state index contributed by atoms with van der Waals surface area (Å²) in [5.41, 5.74) is 2.26. The van der Waals surface area contributed by atoms with E-state index in [-0.39, 0.29) is 5.91 Å². The van der Waals surface area contributed by atoms with Gasteiger partial charge in [-0.25, -0.2) is 4.98 Å². The van der Waals surface area contributed by atoms with Crippen LogP contribution in [0.5, 0.6) is 0 Å². The molecule has 4 nitrogen and oxygen atoms in total. The normalized spacial score (nSPS) is 15.5. The minimum Gasteiger partial charge on any atom is -0.370 e. The van der Waals surface area contributed by atoms with Gasteiger partial charge in [0.2, 0.25) is 0 Å². The molecule has 2 aromatic rings. The topological polar surface area (TPSA) is 45.2 Å². The van der Waals surface area contributed by atoms with Crippen molar-refractivity contribution in [1.82, 2.24) is 4.98 Å². The summed E-state index contributed by atoms with van der Waals surface area (Å²) in [5, 5.41) is 2.87. The Labute approximate surface area is 145 Å². The van der Waals surface area contributed by atoms with Gasteiger partial charge in [-0.05, 0) is 59.0 Å². The molecule has 1 N–H and O–H groups in total. The molecular formula is C18H20BrN3O. The van der Waals surface area contributed by atoms with E-state index in [0.29, 0.717) is 5.69 Å². The Morgan fingerprint density at radius 3 is 2.61 bits per heavy atom. The Hall–Kier alpha value is -1.88. The number of benzene rings is 1. The van der Waals surface area contributed by atoms with Crippen molar-refractivity contribution in [2.24, 2.45) is 5.92 Å². The monoisotopic (exact) mass is 373 g/mol. The minimum absolute atomic E-state index is 0.198. The first-order valence-electron chi connectivity index (χ1n) is 7.90. The molecule has 5 heteroatoms. The molecule has 0 atom stereocenters. The van der Waals surface area contributed by atoms with E-state index in [1.807, 2.05) is 30.3 Å². The van der Waals surface area contributed by atoms with Gasteiger partial charge in [0, 0.05) is 17.6 Å². The number of nitrogens with zero attached hydrogens (tertiary/aromatic N) is 2. The molecule has 23 heavy (non-hydrogen) atoms. The van der Waals surface area contributed by atoms with Gasteiger partial charge >= 0.3 is 0 Å². The van der Waals surface area contributed by atoms with Gasteiger partial charge in [-0.15, -0.1) is 0 Å². The number of amides is 1. The van der Waals surface area contributed by atoms with Crippen LogP contribution in [-0.4, -0.2) is 24.0 Å². The van der Waals surface area contributed by atoms with Gasteiger partial charge in [0.05, 0.1) is 17.6 Å². The lowest BCUT2D eigenvalue weighted by Crippen LogP contribution is -2.32. The second-order valence-electron chi connectivity index (χ2n) is 6.01. The number of carbonyl (C=O) groups excluding carboxylic acids is 1. The van der Waals surface area contributed by atoms with Gasteiger partial charge < -0.3 is 10.2 Å². The molecule has 1 aromatic carbocycles. The summed E-state index contributed by atoms with van der Waals surface area (Å²) in [4.78, 5) is 19.0. The Balaban J connectivity index is 1.67. The summed E-state index contributed by atoms with van der Waals surface area (Å²) >= 11 is 3.42. The zero-order valence-corrected chi connectivity index (χ0v) is 14.7. The quantitative estimate of drug-likeness (QED) is 0.870. The average molecular weight is 374 g/mol. The van der Waals surface area contributed by atoms with Crippen LogP contribution in [0.25, 0.3) is 0 Å². The second kappa shape index (κ2) is 7.13. The van der Waals surface area contributed by atoms with Crippen molar-refractivity contribution >= 4 is 33.2 Å². The number of hydrogen-bond donors (Lipinski definition) is 1. The van der Waals surface area contributed by atoms with Crippen molar-refractivity contribution in [3.8, 4) is 0 Å². The first-order chi connectivity index (χ1) is 11.1. The third-order valence-electron chi connectivity index (χ3n) is 4.25. The van der Waals surface area contributed by atoms with Gasteiger partial charge in [-0.1, -0.05) is 19.1 Å². The van der Waals surface area contributed by atoms with E-state index in [9.17, 15) is 4.79 Å². The van der Waals surface area contributed by atoms with Crippen LogP contribution in [0.3, 0.4) is 0 Å². The Morgan fingerprint density at radius 2 is 1.96 bits per heavy atom. The number of hydrogen-bond acceptors (Lipinski definition) is 3. The summed E-state index contributed by atoms with van der Waals surface area (Å²) in [7, 11) is 0. The molecule has 1 aliphatic rings. The van der Waals surface area contributed by atoms with Crippen LogP contribution < -0.4 is 10.2 Å². The molecule has 1 fully saturated rings. The van der Waals surface area contributed by atoms with Crippen LogP contribution >= 0.6 is 15.9 Å². The van der Waals surface area contributed by atoms with E-state index >= 15 is 0 Å². The predicted molar refractivity (Wildman–Crippen MR) is 96.9 cm³/mol. The number of carbonyl (C=O) groups is 1. The van der Waals surface area contributed by atoms with Gasteiger partial charge in [-0.3, -0.25) is 4.79 Å². The molecule has 0 radical (unpaired) electrons. The van der Waals surface area contributed by atoms with Gasteiger partial charge in [0.25, 0.3) is 5.91 Å². The molecule has 120 valence electrons. The Bertz CT molecular complexity index is 679. The summed E-state index contributed by atoms with van der Waals surface area (Å²) in [6, 6.07) is 11.3. The number of anilines is 2. The summed E-state index contributed by atoms with van der Waals surface area (Å²) in [6.45, 7) is 4.42. The number of para-hydroxylation sites is 1. The van der Waals surface area contributed by atoms with Crippen LogP contribution in [0.4, 0.5) is 11.4 Å². The van der Waals surface area contributed by atoms with E-state index in [4.69, 9.17) is 0 Å². The number of pyridine rings is 1. The maximum atomic E-state index is 12.3. The highest BCUT2D eigenvalue weighted by Gasteiger charge is 2.17. The van der Waals surface area contributed by atoms with E-state index in [1.54, 1.807) is 12.3 Å². The fourth-order valence-corrected chi connectivity index (χ4v) is 3.11. The van der Waals surface area contributed by atoms with E-state index < -0.39 is 0 Å². The van der Waals surface area contributed by atoms with E-state index in [1.165, 1.54) is 12.8 Å². The van der Waals surface area contributed by atoms with E-state index in [0.717, 1.165) is 34.9 Å². The van der Waals surface area contributed by atoms with Crippen molar-refractivity contribution in [3.63, 3.8) is 0 Å². The Kier molecular flexibility index (Phi) is 4.96. The highest BCUT2D eigenvalue weighted by molar-refractivity contribution is 9.10. The standard InChI is InChI=1S/C18H20BrN3O/c1-13-8-10-22(11-9-13)14-6-7-17(20-12-14)18(23)21-16-5-3-2-4-15(16)19/h2-7,12-13H,8-11H2,1H3,(H,21,23). The number of nitrogens with one attached hydrogen (secondary N) is 1. The van der Waals surface area contributed by atoms with Gasteiger partial charge in [-0.2, -0.15) is 0 Å². The molecule has 2 heterocycles. The average Bonchev–Trinajstić information content (AvgIpc) is 2.58. The van der Waals surface area contributed by atoms with Gasteiger partial charge in [0.1, 0.15) is 5.69 Å². The predicted octanol–water partition coefficient (Wildman–Crippen LogP) is 4.33. The van der Waals surface area contributed by atoms with Crippen LogP contribution in [0, 0.1) is 5.92 Å². The maximum absolute atomic E-state index is 12.3. The molecule has 0 aliphatic carbocycles. The first kappa shape index (κ1) is 16.0. The maximum Gasteiger partial charge on any atom is 0.274 e. The minimum atomic E-state index is -0.198. The van der Waals surface area contributed by atoms with Crippen LogP contribution in [0.1, 0.15) is 30.3 Å². The number of piperidine rings is 1. The molecule has 0 bridgehead atoms. The third kappa shape index (κ3) is 3.91. The van der Waals surface area contributed by atoms with E-state index in [2.05, 4.69) is 38.1 Å². The Morgan fingerprint density at radius 1 is 1.22 bits per heavy atom. The van der Waals surface area contributed by atoms with Crippen LogP contribution in [0.15, 0.2) is 47.1 Å². The lowest BCUT2D eigenvalue weighted by atomic mass is 9.99. The molecular weight excluding hydrogens is 354 g/mol. The summed E-state index contributed by atoms with van der Waals surface area (Å²) in [5.74, 6) is 0.601. The lowest BCUT2D eigenvalue weighted by Gasteiger charge is -2.31. The molecule has 0 spiro atoms. The van der Waals surface area contributed by atoms with Gasteiger partial charge in [0.15, 0.2) is 0 Å². The summed E-state index contributed by atoms with van der Waals surface area (Å²) in [6.07, 6.45) is 4.22. The SMILES string of the molecule is CC1CCN(c2ccc(C(=O)Nc3ccccc3Br)nc2)CC1.